The van der Waals surface area contributed by atoms with Crippen LogP contribution in [0.1, 0.15) is 105 Å². The van der Waals surface area contributed by atoms with Gasteiger partial charge in [0, 0.05) is 16.4 Å². The van der Waals surface area contributed by atoms with E-state index in [1.807, 2.05) is 0 Å². The molecule has 174 valence electrons. The minimum absolute atomic E-state index is 0.117. The number of azide groups is 1. The first kappa shape index (κ1) is 22.1. The molecule has 0 radical (unpaired) electrons. The lowest BCUT2D eigenvalue weighted by Crippen LogP contribution is -2.58. The molecule has 5 fully saturated rings. The number of ether oxygens (including phenoxy) is 1. The molecule has 4 heteroatoms. The first-order valence-corrected chi connectivity index (χ1v) is 13.5. The fraction of sp³-hybridized carbons (Fsp3) is 1.00. The van der Waals surface area contributed by atoms with E-state index in [0.717, 1.165) is 54.8 Å². The van der Waals surface area contributed by atoms with E-state index >= 15 is 0 Å². The Balaban J connectivity index is 1.34. The van der Waals surface area contributed by atoms with E-state index in [-0.39, 0.29) is 17.1 Å². The molecule has 0 amide bonds. The Labute approximate surface area is 189 Å². The van der Waals surface area contributed by atoms with Gasteiger partial charge in [-0.05, 0) is 97.8 Å². The smallest absolute Gasteiger partial charge is 0.100 e. The Bertz CT molecular complexity index is 747. The van der Waals surface area contributed by atoms with Crippen LogP contribution in [0.3, 0.4) is 0 Å². The lowest BCUT2D eigenvalue weighted by molar-refractivity contribution is -0.103. The molecule has 0 N–H and O–H groups in total. The molecule has 0 aromatic heterocycles. The normalized spacial score (nSPS) is 51.2. The summed E-state index contributed by atoms with van der Waals surface area (Å²) in [7, 11) is 0. The van der Waals surface area contributed by atoms with E-state index in [9.17, 15) is 0 Å². The van der Waals surface area contributed by atoms with Crippen molar-refractivity contribution in [1.82, 2.24) is 0 Å². The zero-order chi connectivity index (χ0) is 22.0. The molecule has 0 bridgehead atoms. The molecule has 1 saturated heterocycles. The van der Waals surface area contributed by atoms with E-state index in [4.69, 9.17) is 10.3 Å². The van der Waals surface area contributed by atoms with Crippen LogP contribution in [0.15, 0.2) is 5.11 Å². The summed E-state index contributed by atoms with van der Waals surface area (Å²) in [6.45, 7) is 12.5. The van der Waals surface area contributed by atoms with Crippen molar-refractivity contribution in [3.05, 3.63) is 10.4 Å². The first-order valence-electron chi connectivity index (χ1n) is 13.5. The topological polar surface area (TPSA) is 61.3 Å². The van der Waals surface area contributed by atoms with Crippen LogP contribution in [0, 0.1) is 46.3 Å². The predicted octanol–water partition coefficient (Wildman–Crippen LogP) is 7.92. The van der Waals surface area contributed by atoms with Gasteiger partial charge in [0.2, 0.25) is 0 Å². The van der Waals surface area contributed by atoms with Gasteiger partial charge in [-0.25, -0.2) is 0 Å². The highest BCUT2D eigenvalue weighted by atomic mass is 16.6. The third-order valence-electron chi connectivity index (χ3n) is 11.4. The molecular formula is C27H45N3O. The van der Waals surface area contributed by atoms with Gasteiger partial charge in [0.1, 0.15) is 5.60 Å². The van der Waals surface area contributed by atoms with Crippen LogP contribution in [-0.4, -0.2) is 17.7 Å². The summed E-state index contributed by atoms with van der Waals surface area (Å²) in [5, 5.41) is 4.19. The van der Waals surface area contributed by atoms with Crippen molar-refractivity contribution < 1.29 is 4.74 Å². The van der Waals surface area contributed by atoms with E-state index in [1.165, 1.54) is 51.4 Å². The van der Waals surface area contributed by atoms with E-state index < -0.39 is 0 Å². The number of fused-ring (bicyclic) bond motifs is 4. The monoisotopic (exact) mass is 427 g/mol. The summed E-state index contributed by atoms with van der Waals surface area (Å²) in [5.74, 6) is 5.07. The summed E-state index contributed by atoms with van der Waals surface area (Å²) in [4.78, 5) is 3.18. The fourth-order valence-corrected chi connectivity index (χ4v) is 9.93. The first-order chi connectivity index (χ1) is 14.7. The van der Waals surface area contributed by atoms with Crippen LogP contribution < -0.4 is 0 Å². The minimum atomic E-state index is 0.117. The molecule has 0 aromatic carbocycles. The highest BCUT2D eigenvalue weighted by Gasteiger charge is 2.75. The van der Waals surface area contributed by atoms with Crippen LogP contribution in [-0.2, 0) is 4.74 Å². The van der Waals surface area contributed by atoms with Gasteiger partial charge in [-0.15, -0.1) is 0 Å². The maximum Gasteiger partial charge on any atom is 0.100 e. The third kappa shape index (κ3) is 3.22. The van der Waals surface area contributed by atoms with Crippen molar-refractivity contribution >= 4 is 0 Å². The predicted molar refractivity (Wildman–Crippen MR) is 126 cm³/mol. The molecule has 4 nitrogen and oxygen atoms in total. The average molecular weight is 428 g/mol. The maximum absolute atomic E-state index is 9.06. The highest BCUT2D eigenvalue weighted by molar-refractivity contribution is 5.24. The number of hydrogen-bond donors (Lipinski definition) is 0. The zero-order valence-electron chi connectivity index (χ0n) is 20.6. The fourth-order valence-electron chi connectivity index (χ4n) is 9.93. The van der Waals surface area contributed by atoms with Crippen LogP contribution in [0.5, 0.6) is 0 Å². The quantitative estimate of drug-likeness (QED) is 0.184. The number of hydrogen-bond acceptors (Lipinski definition) is 2. The molecule has 4 aliphatic carbocycles. The molecule has 4 saturated carbocycles. The summed E-state index contributed by atoms with van der Waals surface area (Å²) >= 11 is 0. The van der Waals surface area contributed by atoms with E-state index in [0.29, 0.717) is 11.5 Å². The lowest BCUT2D eigenvalue weighted by Gasteiger charge is -2.59. The molecule has 2 unspecified atom stereocenters. The van der Waals surface area contributed by atoms with Crippen LogP contribution in [0.2, 0.25) is 0 Å². The van der Waals surface area contributed by atoms with Crippen molar-refractivity contribution in [2.45, 2.75) is 123 Å². The SMILES string of the molecule is CC(C)CCC[C@@H](C)[C@H]1CC[C@H]2[C@@H]3C[C@@H]4OC45CCC(N=[N+]=[N-])C[C@]5(C)[C@H]3CC[C@]12C. The van der Waals surface area contributed by atoms with Crippen molar-refractivity contribution in [3.8, 4) is 0 Å². The van der Waals surface area contributed by atoms with Crippen molar-refractivity contribution in [2.24, 2.45) is 51.5 Å². The van der Waals surface area contributed by atoms with Gasteiger partial charge in [0.05, 0.1) is 6.10 Å². The molecule has 31 heavy (non-hydrogen) atoms. The van der Waals surface area contributed by atoms with E-state index in [2.05, 4.69) is 44.6 Å². The Morgan fingerprint density at radius 3 is 2.58 bits per heavy atom. The molecule has 0 aromatic rings. The second-order valence-corrected chi connectivity index (χ2v) is 13.2. The largest absolute Gasteiger partial charge is 0.365 e. The maximum atomic E-state index is 9.06. The standard InChI is InChI=1S/C27H45N3O/c1-17(2)7-6-8-18(3)21-9-10-22-20-15-24-27(31-24)14-11-19(29-30-28)16-26(27,5)23(20)12-13-25(21,22)4/h17-24H,6-16H2,1-5H3/t18-,19?,20+,21-,22+,23+,24+,25-,26-,27?/m1/s1. The summed E-state index contributed by atoms with van der Waals surface area (Å²) in [6.07, 6.45) is 14.8. The lowest BCUT2D eigenvalue weighted by atomic mass is 9.44. The molecule has 1 aliphatic heterocycles. The summed E-state index contributed by atoms with van der Waals surface area (Å²) in [6, 6.07) is 0.176. The Morgan fingerprint density at radius 1 is 1.03 bits per heavy atom. The van der Waals surface area contributed by atoms with Crippen LogP contribution in [0.4, 0.5) is 0 Å². The molecule has 10 atom stereocenters. The van der Waals surface area contributed by atoms with Gasteiger partial charge in [-0.3, -0.25) is 0 Å². The third-order valence-corrected chi connectivity index (χ3v) is 11.4. The number of nitrogens with zero attached hydrogens (tertiary/aromatic N) is 3. The minimum Gasteiger partial charge on any atom is -0.365 e. The highest BCUT2D eigenvalue weighted by Crippen LogP contribution is 2.74. The summed E-state index contributed by atoms with van der Waals surface area (Å²) < 4.78 is 6.59. The van der Waals surface area contributed by atoms with Gasteiger partial charge in [-0.2, -0.15) is 0 Å². The van der Waals surface area contributed by atoms with Gasteiger partial charge in [0.25, 0.3) is 0 Å². The van der Waals surface area contributed by atoms with Crippen LogP contribution in [0.25, 0.3) is 10.4 Å². The van der Waals surface area contributed by atoms with Crippen molar-refractivity contribution in [2.75, 3.05) is 0 Å². The Kier molecular flexibility index (Phi) is 5.45. The molecular weight excluding hydrogens is 382 g/mol. The van der Waals surface area contributed by atoms with Crippen molar-refractivity contribution in [1.29, 1.82) is 0 Å². The average Bonchev–Trinajstić information content (AvgIpc) is 3.30. The Morgan fingerprint density at radius 2 is 1.84 bits per heavy atom. The van der Waals surface area contributed by atoms with Gasteiger partial charge in [-0.1, -0.05) is 59.0 Å². The van der Waals surface area contributed by atoms with E-state index in [1.54, 1.807) is 0 Å². The van der Waals surface area contributed by atoms with Gasteiger partial charge in [0.15, 0.2) is 0 Å². The Hall–Kier alpha value is -0.730. The molecule has 1 heterocycles. The van der Waals surface area contributed by atoms with Crippen molar-refractivity contribution in [3.63, 3.8) is 0 Å². The number of epoxide rings is 1. The van der Waals surface area contributed by atoms with Gasteiger partial charge < -0.3 is 4.74 Å². The summed E-state index contributed by atoms with van der Waals surface area (Å²) in [5.41, 5.74) is 9.92. The zero-order valence-corrected chi connectivity index (χ0v) is 20.6. The molecule has 1 spiro atoms. The van der Waals surface area contributed by atoms with Gasteiger partial charge >= 0.3 is 0 Å². The molecule has 5 aliphatic rings. The number of rotatable bonds is 6. The molecule has 5 rings (SSSR count). The second-order valence-electron chi connectivity index (χ2n) is 13.2. The second kappa shape index (κ2) is 7.66. The van der Waals surface area contributed by atoms with Crippen LogP contribution >= 0.6 is 0 Å².